The molecule has 6 nitrogen and oxygen atoms in total. The van der Waals surface area contributed by atoms with Gasteiger partial charge in [0.05, 0.1) is 12.7 Å². The van der Waals surface area contributed by atoms with E-state index in [-0.39, 0.29) is 0 Å². The summed E-state index contributed by atoms with van der Waals surface area (Å²) in [5.74, 6) is 1.75. The third kappa shape index (κ3) is 7.81. The van der Waals surface area contributed by atoms with E-state index in [1.54, 1.807) is 0 Å². The Morgan fingerprint density at radius 1 is 1.25 bits per heavy atom. The molecule has 2 rings (SSSR count). The third-order valence-electron chi connectivity index (χ3n) is 4.76. The lowest BCUT2D eigenvalue weighted by Gasteiger charge is -2.30. The monoisotopic (exact) mass is 340 g/mol. The van der Waals surface area contributed by atoms with E-state index in [0.29, 0.717) is 6.10 Å². The van der Waals surface area contributed by atoms with Crippen LogP contribution in [0.25, 0.3) is 0 Å². The number of nitrogens with zero attached hydrogens (tertiary/aromatic N) is 2. The van der Waals surface area contributed by atoms with Gasteiger partial charge in [0.25, 0.3) is 0 Å². The Balaban J connectivity index is 1.44. The van der Waals surface area contributed by atoms with Crippen molar-refractivity contribution in [3.8, 4) is 0 Å². The zero-order valence-corrected chi connectivity index (χ0v) is 15.6. The minimum Gasteiger partial charge on any atom is -0.379 e. The van der Waals surface area contributed by atoms with E-state index < -0.39 is 0 Å². The van der Waals surface area contributed by atoms with Gasteiger partial charge in [-0.05, 0) is 51.1 Å². The molecule has 0 bridgehead atoms. The van der Waals surface area contributed by atoms with Crippen molar-refractivity contribution < 1.29 is 9.47 Å². The molecule has 2 aliphatic heterocycles. The topological polar surface area (TPSA) is 58.1 Å². The number of likely N-dealkylation sites (tertiary alicyclic amines) is 1. The number of piperidine rings is 1. The van der Waals surface area contributed by atoms with Gasteiger partial charge in [0.15, 0.2) is 5.96 Å². The highest BCUT2D eigenvalue weighted by Gasteiger charge is 2.16. The first kappa shape index (κ1) is 19.5. The molecule has 0 aromatic carbocycles. The van der Waals surface area contributed by atoms with Gasteiger partial charge in [-0.1, -0.05) is 6.92 Å². The van der Waals surface area contributed by atoms with Crippen LogP contribution >= 0.6 is 0 Å². The minimum absolute atomic E-state index is 0.306. The third-order valence-corrected chi connectivity index (χ3v) is 4.76. The fourth-order valence-corrected chi connectivity index (χ4v) is 3.39. The van der Waals surface area contributed by atoms with Crippen molar-refractivity contribution in [2.75, 3.05) is 59.6 Å². The van der Waals surface area contributed by atoms with Crippen LogP contribution in [-0.4, -0.2) is 76.6 Å². The molecule has 2 atom stereocenters. The van der Waals surface area contributed by atoms with Gasteiger partial charge in [-0.15, -0.1) is 0 Å². The van der Waals surface area contributed by atoms with Crippen LogP contribution in [0.15, 0.2) is 4.99 Å². The van der Waals surface area contributed by atoms with Gasteiger partial charge < -0.3 is 25.0 Å². The molecule has 2 saturated heterocycles. The highest BCUT2D eigenvalue weighted by molar-refractivity contribution is 5.79. The molecular weight excluding hydrogens is 304 g/mol. The van der Waals surface area contributed by atoms with Crippen LogP contribution < -0.4 is 10.6 Å². The van der Waals surface area contributed by atoms with Gasteiger partial charge >= 0.3 is 0 Å². The number of rotatable bonds is 9. The highest BCUT2D eigenvalue weighted by Crippen LogP contribution is 2.15. The number of aliphatic imine (C=N–C) groups is 1. The fourth-order valence-electron chi connectivity index (χ4n) is 3.39. The van der Waals surface area contributed by atoms with Crippen LogP contribution in [-0.2, 0) is 9.47 Å². The predicted molar refractivity (Wildman–Crippen MR) is 98.6 cm³/mol. The van der Waals surface area contributed by atoms with Gasteiger partial charge in [0, 0.05) is 39.9 Å². The first-order chi connectivity index (χ1) is 11.8. The largest absolute Gasteiger partial charge is 0.379 e. The van der Waals surface area contributed by atoms with E-state index in [9.17, 15) is 0 Å². The quantitative estimate of drug-likeness (QED) is 0.378. The van der Waals surface area contributed by atoms with Crippen LogP contribution in [0.3, 0.4) is 0 Å². The van der Waals surface area contributed by atoms with Gasteiger partial charge in [-0.3, -0.25) is 4.99 Å². The molecule has 2 unspecified atom stereocenters. The summed E-state index contributed by atoms with van der Waals surface area (Å²) < 4.78 is 11.1. The number of hydrogen-bond acceptors (Lipinski definition) is 4. The van der Waals surface area contributed by atoms with E-state index in [1.165, 1.54) is 32.5 Å². The molecule has 140 valence electrons. The second-order valence-corrected chi connectivity index (χ2v) is 7.04. The minimum atomic E-state index is 0.306. The first-order valence-corrected chi connectivity index (χ1v) is 9.64. The summed E-state index contributed by atoms with van der Waals surface area (Å²) in [5, 5.41) is 6.76. The van der Waals surface area contributed by atoms with Crippen molar-refractivity contribution in [2.45, 2.75) is 45.1 Å². The zero-order valence-electron chi connectivity index (χ0n) is 15.6. The summed E-state index contributed by atoms with van der Waals surface area (Å²) in [6.45, 7) is 10.3. The first-order valence-electron chi connectivity index (χ1n) is 9.64. The summed E-state index contributed by atoms with van der Waals surface area (Å²) in [5.41, 5.74) is 0. The number of ether oxygens (including phenoxy) is 2. The van der Waals surface area contributed by atoms with Gasteiger partial charge in [-0.25, -0.2) is 0 Å². The maximum Gasteiger partial charge on any atom is 0.190 e. The van der Waals surface area contributed by atoms with Crippen LogP contribution in [0.1, 0.15) is 39.0 Å². The van der Waals surface area contributed by atoms with Crippen LogP contribution in [0, 0.1) is 5.92 Å². The maximum absolute atomic E-state index is 5.76. The number of guanidine groups is 1. The Labute approximate surface area is 147 Å². The SMILES string of the molecule is CN=C(NCCCOC1CCOC1)NCCCN1CCCC(C)C1. The van der Waals surface area contributed by atoms with Crippen molar-refractivity contribution in [1.29, 1.82) is 0 Å². The van der Waals surface area contributed by atoms with E-state index in [0.717, 1.165) is 64.1 Å². The lowest BCUT2D eigenvalue weighted by molar-refractivity contribution is 0.0420. The van der Waals surface area contributed by atoms with Gasteiger partial charge in [0.2, 0.25) is 0 Å². The molecular formula is C18H36N4O2. The van der Waals surface area contributed by atoms with E-state index in [1.807, 2.05) is 7.05 Å². The molecule has 0 spiro atoms. The molecule has 2 aliphatic rings. The summed E-state index contributed by atoms with van der Waals surface area (Å²) in [6.07, 6.45) is 6.24. The van der Waals surface area contributed by atoms with Crippen molar-refractivity contribution >= 4 is 5.96 Å². The van der Waals surface area contributed by atoms with Gasteiger partial charge in [-0.2, -0.15) is 0 Å². The van der Waals surface area contributed by atoms with Crippen LogP contribution in [0.2, 0.25) is 0 Å². The van der Waals surface area contributed by atoms with Crippen molar-refractivity contribution in [3.05, 3.63) is 0 Å². The molecule has 0 saturated carbocycles. The molecule has 2 fully saturated rings. The summed E-state index contributed by atoms with van der Waals surface area (Å²) >= 11 is 0. The molecule has 2 heterocycles. The Kier molecular flexibility index (Phi) is 9.46. The molecule has 0 amide bonds. The average molecular weight is 341 g/mol. The molecule has 0 radical (unpaired) electrons. The van der Waals surface area contributed by atoms with E-state index in [2.05, 4.69) is 27.4 Å². The zero-order chi connectivity index (χ0) is 17.0. The summed E-state index contributed by atoms with van der Waals surface area (Å²) in [6, 6.07) is 0. The molecule has 24 heavy (non-hydrogen) atoms. The standard InChI is InChI=1S/C18H36N4O2/c1-16-6-3-10-22(14-16)11-4-8-20-18(19-2)21-9-5-12-24-17-7-13-23-15-17/h16-17H,3-15H2,1-2H3,(H2,19,20,21). The molecule has 2 N–H and O–H groups in total. The number of nitrogens with one attached hydrogen (secondary N) is 2. The number of hydrogen-bond donors (Lipinski definition) is 2. The Morgan fingerprint density at radius 2 is 2.08 bits per heavy atom. The Bertz CT molecular complexity index is 359. The summed E-state index contributed by atoms with van der Waals surface area (Å²) in [7, 11) is 1.83. The maximum atomic E-state index is 5.76. The lowest BCUT2D eigenvalue weighted by Crippen LogP contribution is -2.40. The van der Waals surface area contributed by atoms with E-state index >= 15 is 0 Å². The molecule has 0 aromatic rings. The summed E-state index contributed by atoms with van der Waals surface area (Å²) in [4.78, 5) is 6.87. The second kappa shape index (κ2) is 11.7. The lowest BCUT2D eigenvalue weighted by atomic mass is 10.0. The average Bonchev–Trinajstić information content (AvgIpc) is 3.10. The van der Waals surface area contributed by atoms with Crippen LogP contribution in [0.5, 0.6) is 0 Å². The molecule has 6 heteroatoms. The fraction of sp³-hybridized carbons (Fsp3) is 0.944. The second-order valence-electron chi connectivity index (χ2n) is 7.04. The van der Waals surface area contributed by atoms with Crippen molar-refractivity contribution in [1.82, 2.24) is 15.5 Å². The Hall–Kier alpha value is -0.850. The van der Waals surface area contributed by atoms with Crippen LogP contribution in [0.4, 0.5) is 0 Å². The normalized spacial score (nSPS) is 25.8. The van der Waals surface area contributed by atoms with Gasteiger partial charge in [0.1, 0.15) is 0 Å². The highest BCUT2D eigenvalue weighted by atomic mass is 16.5. The van der Waals surface area contributed by atoms with Crippen molar-refractivity contribution in [3.63, 3.8) is 0 Å². The molecule has 0 aromatic heterocycles. The predicted octanol–water partition coefficient (Wildman–Crippen LogP) is 1.47. The molecule has 0 aliphatic carbocycles. The smallest absolute Gasteiger partial charge is 0.190 e. The van der Waals surface area contributed by atoms with Crippen molar-refractivity contribution in [2.24, 2.45) is 10.9 Å². The Morgan fingerprint density at radius 3 is 2.79 bits per heavy atom. The van der Waals surface area contributed by atoms with E-state index in [4.69, 9.17) is 9.47 Å².